The molecule has 0 aliphatic carbocycles. The number of halogens is 1. The van der Waals surface area contributed by atoms with Crippen molar-refractivity contribution < 1.29 is 0 Å². The van der Waals surface area contributed by atoms with Crippen molar-refractivity contribution in [2.45, 2.75) is 26.2 Å². The van der Waals surface area contributed by atoms with Crippen LogP contribution in [0.2, 0.25) is 0 Å². The summed E-state index contributed by atoms with van der Waals surface area (Å²) in [7, 11) is 0. The average molecular weight is 329 g/mol. The number of H-pyrrole nitrogens is 1. The summed E-state index contributed by atoms with van der Waals surface area (Å²) in [4.78, 5) is 7.70. The van der Waals surface area contributed by atoms with Crippen LogP contribution in [0.5, 0.6) is 0 Å². The molecule has 102 valence electrons. The van der Waals surface area contributed by atoms with Gasteiger partial charge in [-0.25, -0.2) is 4.98 Å². The Morgan fingerprint density at radius 3 is 2.75 bits per heavy atom. The Balaban J connectivity index is 2.20. The van der Waals surface area contributed by atoms with Crippen LogP contribution in [0.4, 0.5) is 0 Å². The zero-order chi connectivity index (χ0) is 14.3. The van der Waals surface area contributed by atoms with Crippen molar-refractivity contribution >= 4 is 27.0 Å². The smallest absolute Gasteiger partial charge is 0.137 e. The van der Waals surface area contributed by atoms with Gasteiger partial charge in [0.1, 0.15) is 5.65 Å². The summed E-state index contributed by atoms with van der Waals surface area (Å²) in [6, 6.07) is 10.8. The van der Waals surface area contributed by atoms with E-state index in [4.69, 9.17) is 0 Å². The number of hydrogen-bond acceptors (Lipinski definition) is 1. The minimum atomic E-state index is -0.0628. The first-order valence-corrected chi connectivity index (χ1v) is 7.48. The van der Waals surface area contributed by atoms with Crippen molar-refractivity contribution in [3.8, 4) is 0 Å². The Kier molecular flexibility index (Phi) is 3.17. The number of aromatic amines is 1. The van der Waals surface area contributed by atoms with E-state index in [0.29, 0.717) is 0 Å². The van der Waals surface area contributed by atoms with Gasteiger partial charge < -0.3 is 4.98 Å². The van der Waals surface area contributed by atoms with Crippen molar-refractivity contribution in [1.29, 1.82) is 0 Å². The van der Waals surface area contributed by atoms with E-state index in [0.717, 1.165) is 10.1 Å². The van der Waals surface area contributed by atoms with E-state index in [-0.39, 0.29) is 5.41 Å². The number of rotatable bonds is 2. The number of benzene rings is 1. The first kappa shape index (κ1) is 13.4. The molecule has 0 saturated carbocycles. The van der Waals surface area contributed by atoms with Gasteiger partial charge in [-0.3, -0.25) is 0 Å². The standard InChI is InChI=1S/C17H17BrN2/c1-11-5-4-6-12(7-11)17(2,3)15-10-20-16-14(15)8-13(18)9-19-16/h4-10H,1-3H3,(H,19,20). The normalized spacial score (nSPS) is 12.0. The molecule has 0 unspecified atom stereocenters. The Hall–Kier alpha value is -1.61. The van der Waals surface area contributed by atoms with Gasteiger partial charge in [0.05, 0.1) is 0 Å². The van der Waals surface area contributed by atoms with Gasteiger partial charge in [-0.1, -0.05) is 43.7 Å². The highest BCUT2D eigenvalue weighted by atomic mass is 79.9. The molecule has 0 spiro atoms. The van der Waals surface area contributed by atoms with Crippen LogP contribution in [0.25, 0.3) is 11.0 Å². The highest BCUT2D eigenvalue weighted by Crippen LogP contribution is 2.36. The van der Waals surface area contributed by atoms with Gasteiger partial charge >= 0.3 is 0 Å². The molecule has 2 nitrogen and oxygen atoms in total. The maximum Gasteiger partial charge on any atom is 0.137 e. The van der Waals surface area contributed by atoms with E-state index < -0.39 is 0 Å². The van der Waals surface area contributed by atoms with Crippen LogP contribution >= 0.6 is 15.9 Å². The number of aromatic nitrogens is 2. The molecule has 0 atom stereocenters. The molecule has 3 heteroatoms. The SMILES string of the molecule is Cc1cccc(C(C)(C)c2c[nH]c3ncc(Br)cc23)c1. The largest absolute Gasteiger partial charge is 0.346 e. The monoisotopic (exact) mass is 328 g/mol. The second kappa shape index (κ2) is 4.74. The first-order valence-electron chi connectivity index (χ1n) is 6.69. The zero-order valence-corrected chi connectivity index (χ0v) is 13.5. The fourth-order valence-electron chi connectivity index (χ4n) is 2.68. The van der Waals surface area contributed by atoms with Gasteiger partial charge in [-0.15, -0.1) is 0 Å². The summed E-state index contributed by atoms with van der Waals surface area (Å²) >= 11 is 3.51. The molecule has 0 aliphatic heterocycles. The number of fused-ring (bicyclic) bond motifs is 1. The molecule has 0 aliphatic rings. The van der Waals surface area contributed by atoms with Crippen LogP contribution in [0.15, 0.2) is 47.2 Å². The summed E-state index contributed by atoms with van der Waals surface area (Å²) in [5.74, 6) is 0. The molecule has 0 fully saturated rings. The van der Waals surface area contributed by atoms with E-state index in [1.165, 1.54) is 22.1 Å². The Morgan fingerprint density at radius 2 is 2.00 bits per heavy atom. The van der Waals surface area contributed by atoms with Gasteiger partial charge in [0.25, 0.3) is 0 Å². The second-order valence-corrected chi connectivity index (χ2v) is 6.66. The van der Waals surface area contributed by atoms with Crippen LogP contribution in [0.3, 0.4) is 0 Å². The first-order chi connectivity index (χ1) is 9.48. The van der Waals surface area contributed by atoms with Crippen molar-refractivity contribution in [1.82, 2.24) is 9.97 Å². The predicted molar refractivity (Wildman–Crippen MR) is 87.1 cm³/mol. The number of hydrogen-bond donors (Lipinski definition) is 1. The number of nitrogens with zero attached hydrogens (tertiary/aromatic N) is 1. The molecule has 1 aromatic carbocycles. The maximum absolute atomic E-state index is 4.42. The molecule has 3 rings (SSSR count). The van der Waals surface area contributed by atoms with E-state index >= 15 is 0 Å². The van der Waals surface area contributed by atoms with Crippen LogP contribution in [-0.4, -0.2) is 9.97 Å². The third-order valence-corrected chi connectivity index (χ3v) is 4.34. The second-order valence-electron chi connectivity index (χ2n) is 5.75. The van der Waals surface area contributed by atoms with Gasteiger partial charge in [0, 0.05) is 27.7 Å². The van der Waals surface area contributed by atoms with Crippen molar-refractivity contribution in [2.24, 2.45) is 0 Å². The van der Waals surface area contributed by atoms with E-state index in [1.54, 1.807) is 0 Å². The highest BCUT2D eigenvalue weighted by Gasteiger charge is 2.26. The van der Waals surface area contributed by atoms with Crippen LogP contribution in [-0.2, 0) is 5.41 Å². The quantitative estimate of drug-likeness (QED) is 0.707. The molecule has 2 heterocycles. The molecule has 0 bridgehead atoms. The molecular formula is C17H17BrN2. The Labute approximate surface area is 127 Å². The van der Waals surface area contributed by atoms with Crippen LogP contribution in [0.1, 0.15) is 30.5 Å². The zero-order valence-electron chi connectivity index (χ0n) is 11.9. The molecular weight excluding hydrogens is 312 g/mol. The van der Waals surface area contributed by atoms with Crippen molar-refractivity contribution in [2.75, 3.05) is 0 Å². The lowest BCUT2D eigenvalue weighted by Crippen LogP contribution is -2.18. The third kappa shape index (κ3) is 2.16. The minimum Gasteiger partial charge on any atom is -0.346 e. The van der Waals surface area contributed by atoms with Crippen molar-refractivity contribution in [3.05, 3.63) is 63.9 Å². The van der Waals surface area contributed by atoms with E-state index in [2.05, 4.69) is 83.2 Å². The average Bonchev–Trinajstić information content (AvgIpc) is 2.82. The Bertz CT molecular complexity index is 772. The maximum atomic E-state index is 4.42. The molecule has 0 radical (unpaired) electrons. The summed E-state index contributed by atoms with van der Waals surface area (Å²) in [6.07, 6.45) is 3.90. The number of nitrogens with one attached hydrogen (secondary N) is 1. The topological polar surface area (TPSA) is 28.7 Å². The van der Waals surface area contributed by atoms with E-state index in [1.807, 2.05) is 6.20 Å². The van der Waals surface area contributed by atoms with E-state index in [9.17, 15) is 0 Å². The number of pyridine rings is 1. The summed E-state index contributed by atoms with van der Waals surface area (Å²) in [6.45, 7) is 6.64. The van der Waals surface area contributed by atoms with Gasteiger partial charge in [0.15, 0.2) is 0 Å². The molecule has 2 aromatic heterocycles. The third-order valence-electron chi connectivity index (χ3n) is 3.91. The summed E-state index contributed by atoms with van der Waals surface area (Å²) in [5.41, 5.74) is 4.75. The lowest BCUT2D eigenvalue weighted by Gasteiger charge is -2.25. The fourth-order valence-corrected chi connectivity index (χ4v) is 3.02. The molecule has 0 saturated heterocycles. The molecule has 1 N–H and O–H groups in total. The van der Waals surface area contributed by atoms with Gasteiger partial charge in [-0.2, -0.15) is 0 Å². The fraction of sp³-hybridized carbons (Fsp3) is 0.235. The molecule has 3 aromatic rings. The van der Waals surface area contributed by atoms with Crippen molar-refractivity contribution in [3.63, 3.8) is 0 Å². The molecule has 0 amide bonds. The minimum absolute atomic E-state index is 0.0628. The van der Waals surface area contributed by atoms with Crippen LogP contribution in [0, 0.1) is 6.92 Å². The van der Waals surface area contributed by atoms with Gasteiger partial charge in [0.2, 0.25) is 0 Å². The highest BCUT2D eigenvalue weighted by molar-refractivity contribution is 9.10. The lowest BCUT2D eigenvalue weighted by atomic mass is 9.78. The lowest BCUT2D eigenvalue weighted by molar-refractivity contribution is 0.646. The van der Waals surface area contributed by atoms with Crippen LogP contribution < -0.4 is 0 Å². The number of aryl methyl sites for hydroxylation is 1. The van der Waals surface area contributed by atoms with Gasteiger partial charge in [-0.05, 0) is 40.0 Å². The Morgan fingerprint density at radius 1 is 1.20 bits per heavy atom. The summed E-state index contributed by atoms with van der Waals surface area (Å²) in [5, 5.41) is 1.17. The predicted octanol–water partition coefficient (Wildman–Crippen LogP) is 4.96. The summed E-state index contributed by atoms with van der Waals surface area (Å²) < 4.78 is 1.01. The molecule has 20 heavy (non-hydrogen) atoms.